The van der Waals surface area contributed by atoms with Crippen molar-refractivity contribution in [3.63, 3.8) is 0 Å². The largest absolute Gasteiger partial charge is 0.573 e. The number of rotatable bonds is 4. The Balaban J connectivity index is 1.76. The molecule has 0 unspecified atom stereocenters. The Morgan fingerprint density at radius 2 is 1.60 bits per heavy atom. The second kappa shape index (κ2) is 7.23. The highest BCUT2D eigenvalue weighted by Gasteiger charge is 2.31. The Morgan fingerprint density at radius 1 is 0.960 bits per heavy atom. The van der Waals surface area contributed by atoms with E-state index in [0.717, 1.165) is 24.0 Å². The van der Waals surface area contributed by atoms with Crippen LogP contribution in [0.5, 0.6) is 11.5 Å². The molecule has 1 saturated heterocycles. The van der Waals surface area contributed by atoms with E-state index in [-0.39, 0.29) is 11.9 Å². The zero-order valence-electron chi connectivity index (χ0n) is 13.4. The third-order valence-electron chi connectivity index (χ3n) is 3.90. The topological polar surface area (TPSA) is 53.7 Å². The number of hydrogen-bond acceptors (Lipinski definition) is 4. The summed E-state index contributed by atoms with van der Waals surface area (Å²) in [4.78, 5) is 0. The van der Waals surface area contributed by atoms with Gasteiger partial charge in [-0.1, -0.05) is 18.2 Å². The molecule has 2 N–H and O–H groups in total. The van der Waals surface area contributed by atoms with Crippen LogP contribution in [0.3, 0.4) is 0 Å². The summed E-state index contributed by atoms with van der Waals surface area (Å²) in [6.45, 7) is 1.32. The zero-order chi connectivity index (χ0) is 17.9. The molecule has 0 aliphatic carbocycles. The van der Waals surface area contributed by atoms with Crippen LogP contribution in [0.25, 0.3) is 11.1 Å². The molecule has 1 heterocycles. The second-order valence-electron chi connectivity index (χ2n) is 5.75. The first-order chi connectivity index (χ1) is 11.9. The lowest BCUT2D eigenvalue weighted by atomic mass is 10.0. The smallest absolute Gasteiger partial charge is 0.488 e. The Labute approximate surface area is 143 Å². The fourth-order valence-corrected chi connectivity index (χ4v) is 2.64. The van der Waals surface area contributed by atoms with Crippen molar-refractivity contribution < 1.29 is 27.4 Å². The van der Waals surface area contributed by atoms with Gasteiger partial charge in [-0.25, -0.2) is 0 Å². The quantitative estimate of drug-likeness (QED) is 0.828. The van der Waals surface area contributed by atoms with E-state index < -0.39 is 6.36 Å². The first kappa shape index (κ1) is 17.4. The maximum absolute atomic E-state index is 12.2. The highest BCUT2D eigenvalue weighted by Crippen LogP contribution is 2.32. The van der Waals surface area contributed by atoms with Gasteiger partial charge >= 0.3 is 6.36 Å². The van der Waals surface area contributed by atoms with Gasteiger partial charge in [0, 0.05) is 12.8 Å². The summed E-state index contributed by atoms with van der Waals surface area (Å²) >= 11 is 0. The molecule has 1 aliphatic heterocycles. The van der Waals surface area contributed by atoms with Crippen LogP contribution in [0.15, 0.2) is 42.5 Å². The lowest BCUT2D eigenvalue weighted by Gasteiger charge is -2.24. The average Bonchev–Trinajstić information content (AvgIpc) is 2.57. The molecule has 1 fully saturated rings. The van der Waals surface area contributed by atoms with Gasteiger partial charge in [0.15, 0.2) is 0 Å². The van der Waals surface area contributed by atoms with Crippen molar-refractivity contribution >= 4 is 5.69 Å². The highest BCUT2D eigenvalue weighted by atomic mass is 19.4. The van der Waals surface area contributed by atoms with Crippen molar-refractivity contribution in [1.29, 1.82) is 0 Å². The van der Waals surface area contributed by atoms with Gasteiger partial charge in [-0.15, -0.1) is 13.2 Å². The van der Waals surface area contributed by atoms with E-state index in [1.165, 1.54) is 12.1 Å². The molecule has 2 aromatic carbocycles. The molecular formula is C18H18F3NO3. The molecule has 0 radical (unpaired) electrons. The SMILES string of the molecule is Nc1ccc(-c2ccc(OC(F)(F)F)cc2)cc1OC1CCOCC1. The van der Waals surface area contributed by atoms with Crippen molar-refractivity contribution in [2.24, 2.45) is 0 Å². The van der Waals surface area contributed by atoms with Gasteiger partial charge in [0.1, 0.15) is 17.6 Å². The first-order valence-corrected chi connectivity index (χ1v) is 7.91. The Kier molecular flexibility index (Phi) is 5.03. The predicted molar refractivity (Wildman–Crippen MR) is 87.4 cm³/mol. The maximum atomic E-state index is 12.2. The molecule has 1 aliphatic rings. The van der Waals surface area contributed by atoms with E-state index in [0.29, 0.717) is 24.7 Å². The van der Waals surface area contributed by atoms with E-state index >= 15 is 0 Å². The fourth-order valence-electron chi connectivity index (χ4n) is 2.64. The van der Waals surface area contributed by atoms with Gasteiger partial charge < -0.3 is 19.9 Å². The van der Waals surface area contributed by atoms with Crippen molar-refractivity contribution in [2.75, 3.05) is 18.9 Å². The average molecular weight is 353 g/mol. The van der Waals surface area contributed by atoms with E-state index in [1.807, 2.05) is 0 Å². The minimum atomic E-state index is -4.70. The number of hydrogen-bond donors (Lipinski definition) is 1. The summed E-state index contributed by atoms with van der Waals surface area (Å²) in [5.41, 5.74) is 8.04. The molecule has 0 spiro atoms. The van der Waals surface area contributed by atoms with Gasteiger partial charge in [0.25, 0.3) is 0 Å². The maximum Gasteiger partial charge on any atom is 0.573 e. The number of nitrogen functional groups attached to an aromatic ring is 1. The van der Waals surface area contributed by atoms with Gasteiger partial charge in [0.05, 0.1) is 18.9 Å². The third kappa shape index (κ3) is 4.79. The number of halogens is 3. The summed E-state index contributed by atoms with van der Waals surface area (Å²) in [6, 6.07) is 11.0. The predicted octanol–water partition coefficient (Wildman–Crippen LogP) is 4.39. The Bertz CT molecular complexity index is 710. The number of benzene rings is 2. The summed E-state index contributed by atoms with van der Waals surface area (Å²) in [6.07, 6.45) is -3.05. The van der Waals surface area contributed by atoms with Crippen molar-refractivity contribution in [3.8, 4) is 22.6 Å². The van der Waals surface area contributed by atoms with Crippen LogP contribution in [-0.2, 0) is 4.74 Å². The van der Waals surface area contributed by atoms with Crippen LogP contribution >= 0.6 is 0 Å². The van der Waals surface area contributed by atoms with Crippen molar-refractivity contribution in [3.05, 3.63) is 42.5 Å². The van der Waals surface area contributed by atoms with Gasteiger partial charge in [0.2, 0.25) is 0 Å². The van der Waals surface area contributed by atoms with Crippen LogP contribution in [-0.4, -0.2) is 25.7 Å². The van der Waals surface area contributed by atoms with E-state index in [9.17, 15) is 13.2 Å². The van der Waals surface area contributed by atoms with Crippen molar-refractivity contribution in [2.45, 2.75) is 25.3 Å². The molecule has 2 aromatic rings. The van der Waals surface area contributed by atoms with E-state index in [4.69, 9.17) is 15.2 Å². The molecule has 0 aromatic heterocycles. The Morgan fingerprint density at radius 3 is 2.24 bits per heavy atom. The molecule has 0 saturated carbocycles. The van der Waals surface area contributed by atoms with Crippen LogP contribution in [0.1, 0.15) is 12.8 Å². The molecule has 7 heteroatoms. The number of nitrogens with two attached hydrogens (primary N) is 1. The standard InChI is InChI=1S/C18H18F3NO3/c19-18(20,21)25-15-4-1-12(2-5-15)13-3-6-16(22)17(11-13)24-14-7-9-23-10-8-14/h1-6,11,14H,7-10,22H2. The summed E-state index contributed by atoms with van der Waals surface area (Å²) in [7, 11) is 0. The molecule has 25 heavy (non-hydrogen) atoms. The summed E-state index contributed by atoms with van der Waals surface area (Å²) in [5, 5.41) is 0. The minimum Gasteiger partial charge on any atom is -0.488 e. The summed E-state index contributed by atoms with van der Waals surface area (Å²) < 4.78 is 51.8. The third-order valence-corrected chi connectivity index (χ3v) is 3.90. The molecule has 0 amide bonds. The van der Waals surface area contributed by atoms with Gasteiger partial charge in [-0.2, -0.15) is 0 Å². The van der Waals surface area contributed by atoms with Crippen LogP contribution in [0, 0.1) is 0 Å². The lowest BCUT2D eigenvalue weighted by Crippen LogP contribution is -2.26. The highest BCUT2D eigenvalue weighted by molar-refractivity contribution is 5.70. The van der Waals surface area contributed by atoms with Crippen LogP contribution in [0.4, 0.5) is 18.9 Å². The van der Waals surface area contributed by atoms with Crippen LogP contribution in [0.2, 0.25) is 0 Å². The fraction of sp³-hybridized carbons (Fsp3) is 0.333. The zero-order valence-corrected chi connectivity index (χ0v) is 13.4. The van der Waals surface area contributed by atoms with Crippen molar-refractivity contribution in [1.82, 2.24) is 0 Å². The molecule has 0 bridgehead atoms. The molecule has 4 nitrogen and oxygen atoms in total. The van der Waals surface area contributed by atoms with Gasteiger partial charge in [-0.3, -0.25) is 0 Å². The molecule has 134 valence electrons. The number of alkyl halides is 3. The lowest BCUT2D eigenvalue weighted by molar-refractivity contribution is -0.274. The molecule has 0 atom stereocenters. The number of ether oxygens (including phenoxy) is 3. The van der Waals surface area contributed by atoms with Crippen LogP contribution < -0.4 is 15.2 Å². The van der Waals surface area contributed by atoms with Gasteiger partial charge in [-0.05, 0) is 35.4 Å². The molecule has 3 rings (SSSR count). The molecular weight excluding hydrogens is 335 g/mol. The normalized spacial score (nSPS) is 15.8. The number of anilines is 1. The minimum absolute atomic E-state index is 0.0499. The van der Waals surface area contributed by atoms with E-state index in [2.05, 4.69) is 4.74 Å². The monoisotopic (exact) mass is 353 g/mol. The Hall–Kier alpha value is -2.41. The van der Waals surface area contributed by atoms with E-state index in [1.54, 1.807) is 30.3 Å². The second-order valence-corrected chi connectivity index (χ2v) is 5.75. The first-order valence-electron chi connectivity index (χ1n) is 7.91. The summed E-state index contributed by atoms with van der Waals surface area (Å²) in [5.74, 6) is 0.311.